The standard InChI is InChI=1S/C10H12S2/c1-5-9(11-7-3)10(6-2)12-8-4/h5-8H,1-4H2/b10-9+. The van der Waals surface area contributed by atoms with Crippen LogP contribution >= 0.6 is 23.5 Å². The predicted molar refractivity (Wildman–Crippen MR) is 63.0 cm³/mol. The van der Waals surface area contributed by atoms with E-state index in [-0.39, 0.29) is 0 Å². The second-order valence-corrected chi connectivity index (χ2v) is 3.72. The third-order valence-electron chi connectivity index (χ3n) is 1.03. The Hall–Kier alpha value is -0.600. The molecule has 0 aliphatic heterocycles. The Morgan fingerprint density at radius 3 is 1.25 bits per heavy atom. The van der Waals surface area contributed by atoms with Crippen molar-refractivity contribution in [3.05, 3.63) is 59.1 Å². The molecule has 0 saturated heterocycles. The first-order valence-electron chi connectivity index (χ1n) is 3.34. The molecule has 0 heterocycles. The Balaban J connectivity index is 4.70. The van der Waals surface area contributed by atoms with Gasteiger partial charge in [0.25, 0.3) is 0 Å². The van der Waals surface area contributed by atoms with Gasteiger partial charge in [0.2, 0.25) is 0 Å². The van der Waals surface area contributed by atoms with Crippen LogP contribution in [0.15, 0.2) is 59.1 Å². The Bertz CT molecular complexity index is 200. The normalized spacial score (nSPS) is 11.3. The highest BCUT2D eigenvalue weighted by Gasteiger charge is 1.97. The van der Waals surface area contributed by atoms with Crippen molar-refractivity contribution in [3.8, 4) is 0 Å². The lowest BCUT2D eigenvalue weighted by atomic mass is 10.5. The number of hydrogen-bond donors (Lipinski definition) is 0. The van der Waals surface area contributed by atoms with Gasteiger partial charge < -0.3 is 0 Å². The van der Waals surface area contributed by atoms with Gasteiger partial charge in [-0.15, -0.1) is 0 Å². The van der Waals surface area contributed by atoms with E-state index >= 15 is 0 Å². The fourth-order valence-corrected chi connectivity index (χ4v) is 1.83. The van der Waals surface area contributed by atoms with Gasteiger partial charge in [-0.25, -0.2) is 0 Å². The van der Waals surface area contributed by atoms with E-state index in [1.807, 2.05) is 0 Å². The Morgan fingerprint density at radius 2 is 1.08 bits per heavy atom. The summed E-state index contributed by atoms with van der Waals surface area (Å²) in [7, 11) is 0. The first-order valence-corrected chi connectivity index (χ1v) is 5.10. The Labute approximate surface area is 82.8 Å². The van der Waals surface area contributed by atoms with Crippen molar-refractivity contribution in [1.82, 2.24) is 0 Å². The van der Waals surface area contributed by atoms with Gasteiger partial charge in [-0.05, 0) is 10.8 Å². The quantitative estimate of drug-likeness (QED) is 0.580. The van der Waals surface area contributed by atoms with Crippen molar-refractivity contribution in [3.63, 3.8) is 0 Å². The van der Waals surface area contributed by atoms with Gasteiger partial charge in [0.1, 0.15) is 0 Å². The smallest absolute Gasteiger partial charge is 0.0249 e. The van der Waals surface area contributed by atoms with Crippen molar-refractivity contribution >= 4 is 23.5 Å². The lowest BCUT2D eigenvalue weighted by Crippen LogP contribution is -1.73. The molecule has 0 rings (SSSR count). The molecule has 0 saturated carbocycles. The average molecular weight is 196 g/mol. The van der Waals surface area contributed by atoms with Gasteiger partial charge in [-0.2, -0.15) is 0 Å². The van der Waals surface area contributed by atoms with E-state index in [1.54, 1.807) is 23.0 Å². The molecular weight excluding hydrogens is 184 g/mol. The molecule has 0 aromatic heterocycles. The number of hydrogen-bond acceptors (Lipinski definition) is 2. The lowest BCUT2D eigenvalue weighted by molar-refractivity contribution is 1.86. The zero-order valence-corrected chi connectivity index (χ0v) is 8.59. The first kappa shape index (κ1) is 11.4. The summed E-state index contributed by atoms with van der Waals surface area (Å²) in [4.78, 5) is 2.12. The molecule has 64 valence electrons. The summed E-state index contributed by atoms with van der Waals surface area (Å²) in [6.45, 7) is 14.7. The average Bonchev–Trinajstić information content (AvgIpc) is 2.11. The minimum Gasteiger partial charge on any atom is -0.0979 e. The summed E-state index contributed by atoms with van der Waals surface area (Å²) >= 11 is 3.07. The van der Waals surface area contributed by atoms with E-state index in [0.717, 1.165) is 9.81 Å². The van der Waals surface area contributed by atoms with E-state index in [4.69, 9.17) is 0 Å². The second kappa shape index (κ2) is 7.07. The van der Waals surface area contributed by atoms with E-state index in [0.29, 0.717) is 0 Å². The summed E-state index contributed by atoms with van der Waals surface area (Å²) in [6.07, 6.45) is 3.58. The van der Waals surface area contributed by atoms with Crippen molar-refractivity contribution in [2.75, 3.05) is 0 Å². The van der Waals surface area contributed by atoms with E-state index in [2.05, 4.69) is 26.3 Å². The number of allylic oxidation sites excluding steroid dienone is 2. The van der Waals surface area contributed by atoms with Crippen molar-refractivity contribution < 1.29 is 0 Å². The van der Waals surface area contributed by atoms with Crippen molar-refractivity contribution in [2.24, 2.45) is 0 Å². The van der Waals surface area contributed by atoms with Gasteiger partial charge in [0.05, 0.1) is 0 Å². The highest BCUT2D eigenvalue weighted by Crippen LogP contribution is 2.29. The number of rotatable bonds is 6. The third kappa shape index (κ3) is 3.69. The zero-order valence-electron chi connectivity index (χ0n) is 6.95. The summed E-state index contributed by atoms with van der Waals surface area (Å²) in [5.74, 6) is 0. The Morgan fingerprint density at radius 1 is 0.750 bits per heavy atom. The molecule has 0 bridgehead atoms. The van der Waals surface area contributed by atoms with Crippen LogP contribution < -0.4 is 0 Å². The van der Waals surface area contributed by atoms with E-state index in [1.165, 1.54) is 23.5 Å². The molecule has 0 atom stereocenters. The molecule has 0 amide bonds. The van der Waals surface area contributed by atoms with Gasteiger partial charge in [-0.3, -0.25) is 0 Å². The molecule has 0 aromatic carbocycles. The molecule has 0 aliphatic rings. The summed E-state index contributed by atoms with van der Waals surface area (Å²) < 4.78 is 0. The second-order valence-electron chi connectivity index (χ2n) is 1.71. The van der Waals surface area contributed by atoms with Crippen LogP contribution in [-0.2, 0) is 0 Å². The highest BCUT2D eigenvalue weighted by atomic mass is 32.2. The van der Waals surface area contributed by atoms with Crippen LogP contribution in [0.3, 0.4) is 0 Å². The zero-order chi connectivity index (χ0) is 9.40. The summed E-state index contributed by atoms with van der Waals surface area (Å²) in [5, 5.41) is 3.54. The predicted octanol–water partition coefficient (Wildman–Crippen LogP) is 4.32. The SMILES string of the molecule is C=CS/C(C=C)=C(\C=C)SC=C. The van der Waals surface area contributed by atoms with Crippen LogP contribution in [0.1, 0.15) is 0 Å². The molecule has 0 N–H and O–H groups in total. The monoisotopic (exact) mass is 196 g/mol. The molecular formula is C10H12S2. The fourth-order valence-electron chi connectivity index (χ4n) is 0.593. The highest BCUT2D eigenvalue weighted by molar-refractivity contribution is 8.09. The molecule has 0 nitrogen and oxygen atoms in total. The van der Waals surface area contributed by atoms with Crippen LogP contribution in [0.5, 0.6) is 0 Å². The minimum absolute atomic E-state index is 1.06. The third-order valence-corrected chi connectivity index (χ3v) is 2.78. The van der Waals surface area contributed by atoms with Crippen LogP contribution in [0, 0.1) is 0 Å². The molecule has 2 heteroatoms. The van der Waals surface area contributed by atoms with Crippen LogP contribution in [0.4, 0.5) is 0 Å². The van der Waals surface area contributed by atoms with Crippen molar-refractivity contribution in [1.29, 1.82) is 0 Å². The van der Waals surface area contributed by atoms with Gasteiger partial charge in [0, 0.05) is 9.81 Å². The fraction of sp³-hybridized carbons (Fsp3) is 0. The number of thioether (sulfide) groups is 2. The lowest BCUT2D eigenvalue weighted by Gasteiger charge is -2.02. The largest absolute Gasteiger partial charge is 0.0979 e. The Kier molecular flexibility index (Phi) is 6.72. The molecule has 0 aromatic rings. The van der Waals surface area contributed by atoms with Crippen LogP contribution in [0.2, 0.25) is 0 Å². The molecule has 0 unspecified atom stereocenters. The maximum atomic E-state index is 3.71. The minimum atomic E-state index is 1.06. The topological polar surface area (TPSA) is 0 Å². The molecule has 0 spiro atoms. The van der Waals surface area contributed by atoms with Crippen molar-refractivity contribution in [2.45, 2.75) is 0 Å². The first-order chi connectivity index (χ1) is 5.79. The van der Waals surface area contributed by atoms with E-state index in [9.17, 15) is 0 Å². The molecule has 0 radical (unpaired) electrons. The maximum Gasteiger partial charge on any atom is 0.0249 e. The van der Waals surface area contributed by atoms with E-state index < -0.39 is 0 Å². The summed E-state index contributed by atoms with van der Waals surface area (Å²) in [5.41, 5.74) is 0. The van der Waals surface area contributed by atoms with Gasteiger partial charge in [-0.1, -0.05) is 62.0 Å². The molecule has 0 aliphatic carbocycles. The molecule has 12 heavy (non-hydrogen) atoms. The van der Waals surface area contributed by atoms with Gasteiger partial charge >= 0.3 is 0 Å². The molecule has 0 fully saturated rings. The summed E-state index contributed by atoms with van der Waals surface area (Å²) in [6, 6.07) is 0. The maximum absolute atomic E-state index is 3.71. The van der Waals surface area contributed by atoms with Crippen LogP contribution in [0.25, 0.3) is 0 Å². The van der Waals surface area contributed by atoms with Crippen LogP contribution in [-0.4, -0.2) is 0 Å². The van der Waals surface area contributed by atoms with Gasteiger partial charge in [0.15, 0.2) is 0 Å².